The van der Waals surface area contributed by atoms with Crippen molar-refractivity contribution in [2.45, 2.75) is 12.8 Å². The Bertz CT molecular complexity index is 326. The Hall–Kier alpha value is -1.34. The van der Waals surface area contributed by atoms with Gasteiger partial charge in [-0.2, -0.15) is 0 Å². The zero-order valence-electron chi connectivity index (χ0n) is 9.28. The third-order valence-electron chi connectivity index (χ3n) is 2.28. The molecule has 1 heteroatoms. The number of hydrogen-bond acceptors (Lipinski definition) is 1. The van der Waals surface area contributed by atoms with Gasteiger partial charge in [-0.1, -0.05) is 49.1 Å². The Balaban J connectivity index is 2.46. The van der Waals surface area contributed by atoms with E-state index in [0.717, 1.165) is 12.8 Å². The summed E-state index contributed by atoms with van der Waals surface area (Å²) in [4.78, 5) is 0. The molecule has 1 aromatic carbocycles. The number of ether oxygens (including phenoxy) is 1. The molecule has 0 aliphatic heterocycles. The van der Waals surface area contributed by atoms with Gasteiger partial charge in [-0.05, 0) is 24.0 Å². The molecule has 1 aromatic rings. The van der Waals surface area contributed by atoms with Crippen LogP contribution in [0.1, 0.15) is 17.5 Å². The van der Waals surface area contributed by atoms with E-state index in [4.69, 9.17) is 4.74 Å². The molecule has 1 nitrogen and oxygen atoms in total. The standard InChI is InChI=1S/C14H18O/c1-3-13-9-6-7-11-14(13)10-5-4-8-12-15-2/h3-4,6-9,11H,1,5,10,12H2,2H3/b8-4+. The Kier molecular flexibility index (Phi) is 5.49. The SMILES string of the molecule is C=Cc1ccccc1CC/C=C/COC. The summed E-state index contributed by atoms with van der Waals surface area (Å²) < 4.78 is 4.94. The number of methoxy groups -OCH3 is 1. The summed E-state index contributed by atoms with van der Waals surface area (Å²) in [5.74, 6) is 0. The molecule has 15 heavy (non-hydrogen) atoms. The molecule has 0 spiro atoms. The Morgan fingerprint density at radius 1 is 1.27 bits per heavy atom. The lowest BCUT2D eigenvalue weighted by molar-refractivity contribution is 0.233. The minimum absolute atomic E-state index is 0.698. The first-order valence-corrected chi connectivity index (χ1v) is 5.22. The highest BCUT2D eigenvalue weighted by molar-refractivity contribution is 5.51. The maximum atomic E-state index is 4.94. The van der Waals surface area contributed by atoms with Crippen LogP contribution in [0.5, 0.6) is 0 Å². The predicted octanol–water partition coefficient (Wildman–Crippen LogP) is 3.46. The highest BCUT2D eigenvalue weighted by Gasteiger charge is 1.95. The smallest absolute Gasteiger partial charge is 0.0643 e. The lowest BCUT2D eigenvalue weighted by atomic mass is 10.0. The summed E-state index contributed by atoms with van der Waals surface area (Å²) in [5.41, 5.74) is 2.59. The van der Waals surface area contributed by atoms with Gasteiger partial charge in [-0.15, -0.1) is 0 Å². The van der Waals surface area contributed by atoms with E-state index in [9.17, 15) is 0 Å². The molecule has 0 aliphatic rings. The summed E-state index contributed by atoms with van der Waals surface area (Å²) in [6.07, 6.45) is 8.23. The van der Waals surface area contributed by atoms with Crippen LogP contribution in [0.2, 0.25) is 0 Å². The van der Waals surface area contributed by atoms with Crippen molar-refractivity contribution in [2.24, 2.45) is 0 Å². The first kappa shape index (κ1) is 11.7. The van der Waals surface area contributed by atoms with Gasteiger partial charge in [0.2, 0.25) is 0 Å². The number of aryl methyl sites for hydroxylation is 1. The molecule has 0 saturated carbocycles. The van der Waals surface area contributed by atoms with Crippen LogP contribution in [-0.2, 0) is 11.2 Å². The first-order chi connectivity index (χ1) is 7.38. The van der Waals surface area contributed by atoms with E-state index >= 15 is 0 Å². The molecule has 0 unspecified atom stereocenters. The first-order valence-electron chi connectivity index (χ1n) is 5.22. The average molecular weight is 202 g/mol. The fourth-order valence-corrected chi connectivity index (χ4v) is 1.48. The largest absolute Gasteiger partial charge is 0.381 e. The van der Waals surface area contributed by atoms with Gasteiger partial charge in [0.25, 0.3) is 0 Å². The van der Waals surface area contributed by atoms with Gasteiger partial charge in [0.05, 0.1) is 6.61 Å². The Morgan fingerprint density at radius 3 is 2.80 bits per heavy atom. The van der Waals surface area contributed by atoms with Crippen molar-refractivity contribution in [3.05, 3.63) is 54.1 Å². The lowest BCUT2D eigenvalue weighted by Gasteiger charge is -2.03. The summed E-state index contributed by atoms with van der Waals surface area (Å²) >= 11 is 0. The van der Waals surface area contributed by atoms with E-state index in [2.05, 4.69) is 36.9 Å². The second-order valence-corrected chi connectivity index (χ2v) is 3.37. The predicted molar refractivity (Wildman–Crippen MR) is 65.9 cm³/mol. The van der Waals surface area contributed by atoms with E-state index in [1.807, 2.05) is 12.1 Å². The molecule has 0 bridgehead atoms. The fraction of sp³-hybridized carbons (Fsp3) is 0.286. The summed E-state index contributed by atoms with van der Waals surface area (Å²) in [6, 6.07) is 8.37. The van der Waals surface area contributed by atoms with Gasteiger partial charge in [0, 0.05) is 7.11 Å². The molecule has 0 amide bonds. The highest BCUT2D eigenvalue weighted by atomic mass is 16.5. The monoisotopic (exact) mass is 202 g/mol. The fourth-order valence-electron chi connectivity index (χ4n) is 1.48. The number of allylic oxidation sites excluding steroid dienone is 1. The van der Waals surface area contributed by atoms with Crippen LogP contribution in [0.15, 0.2) is 43.0 Å². The van der Waals surface area contributed by atoms with Gasteiger partial charge in [-0.25, -0.2) is 0 Å². The molecule has 0 saturated heterocycles. The second-order valence-electron chi connectivity index (χ2n) is 3.37. The van der Waals surface area contributed by atoms with Gasteiger partial charge in [0.15, 0.2) is 0 Å². The van der Waals surface area contributed by atoms with Crippen molar-refractivity contribution in [3.63, 3.8) is 0 Å². The van der Waals surface area contributed by atoms with E-state index in [-0.39, 0.29) is 0 Å². The Labute approximate surface area is 92.1 Å². The quantitative estimate of drug-likeness (QED) is 0.642. The van der Waals surface area contributed by atoms with Gasteiger partial charge >= 0.3 is 0 Å². The summed E-state index contributed by atoms with van der Waals surface area (Å²) in [5, 5.41) is 0. The van der Waals surface area contributed by atoms with E-state index in [1.54, 1.807) is 7.11 Å². The minimum atomic E-state index is 0.698. The normalized spacial score (nSPS) is 10.7. The summed E-state index contributed by atoms with van der Waals surface area (Å²) in [6.45, 7) is 4.51. The van der Waals surface area contributed by atoms with E-state index in [1.165, 1.54) is 11.1 Å². The topological polar surface area (TPSA) is 9.23 Å². The molecule has 0 atom stereocenters. The molecule has 0 N–H and O–H groups in total. The number of hydrogen-bond donors (Lipinski definition) is 0. The van der Waals surface area contributed by atoms with E-state index in [0.29, 0.717) is 6.61 Å². The number of rotatable bonds is 6. The van der Waals surface area contributed by atoms with Gasteiger partial charge < -0.3 is 4.74 Å². The number of benzene rings is 1. The van der Waals surface area contributed by atoms with Crippen molar-refractivity contribution in [1.82, 2.24) is 0 Å². The van der Waals surface area contributed by atoms with Crippen LogP contribution in [0.25, 0.3) is 6.08 Å². The molecular formula is C14H18O. The zero-order chi connectivity index (χ0) is 10.9. The maximum Gasteiger partial charge on any atom is 0.0643 e. The van der Waals surface area contributed by atoms with Crippen molar-refractivity contribution >= 4 is 6.08 Å². The Morgan fingerprint density at radius 2 is 2.07 bits per heavy atom. The lowest BCUT2D eigenvalue weighted by Crippen LogP contribution is -1.88. The van der Waals surface area contributed by atoms with Crippen LogP contribution in [0.4, 0.5) is 0 Å². The zero-order valence-corrected chi connectivity index (χ0v) is 9.28. The third kappa shape index (κ3) is 4.13. The molecule has 0 fully saturated rings. The molecule has 80 valence electrons. The van der Waals surface area contributed by atoms with Crippen LogP contribution in [0, 0.1) is 0 Å². The van der Waals surface area contributed by atoms with Crippen LogP contribution in [-0.4, -0.2) is 13.7 Å². The van der Waals surface area contributed by atoms with Crippen LogP contribution >= 0.6 is 0 Å². The van der Waals surface area contributed by atoms with Gasteiger partial charge in [0.1, 0.15) is 0 Å². The maximum absolute atomic E-state index is 4.94. The summed E-state index contributed by atoms with van der Waals surface area (Å²) in [7, 11) is 1.71. The average Bonchev–Trinajstić information content (AvgIpc) is 2.29. The van der Waals surface area contributed by atoms with Crippen LogP contribution in [0.3, 0.4) is 0 Å². The third-order valence-corrected chi connectivity index (χ3v) is 2.28. The van der Waals surface area contributed by atoms with Crippen molar-refractivity contribution < 1.29 is 4.74 Å². The van der Waals surface area contributed by atoms with Crippen molar-refractivity contribution in [2.75, 3.05) is 13.7 Å². The van der Waals surface area contributed by atoms with Crippen molar-refractivity contribution in [3.8, 4) is 0 Å². The molecule has 1 rings (SSSR count). The molecule has 0 radical (unpaired) electrons. The molecule has 0 heterocycles. The second kappa shape index (κ2) is 7.02. The molecule has 0 aliphatic carbocycles. The molecule has 0 aromatic heterocycles. The molecular weight excluding hydrogens is 184 g/mol. The van der Waals surface area contributed by atoms with E-state index < -0.39 is 0 Å². The highest BCUT2D eigenvalue weighted by Crippen LogP contribution is 2.12. The van der Waals surface area contributed by atoms with Gasteiger partial charge in [-0.3, -0.25) is 0 Å². The van der Waals surface area contributed by atoms with Crippen molar-refractivity contribution in [1.29, 1.82) is 0 Å². The minimum Gasteiger partial charge on any atom is -0.381 e. The van der Waals surface area contributed by atoms with Crippen LogP contribution < -0.4 is 0 Å².